The number of nitrogens with zero attached hydrogens (tertiary/aromatic N) is 1. The minimum atomic E-state index is -0.693. The third-order valence-electron chi connectivity index (χ3n) is 4.95. The van der Waals surface area contributed by atoms with Crippen LogP contribution in [-0.2, 0) is 15.3 Å². The highest BCUT2D eigenvalue weighted by molar-refractivity contribution is 7.98. The monoisotopic (exact) mass is 375 g/mol. The van der Waals surface area contributed by atoms with Gasteiger partial charge in [-0.3, -0.25) is 14.5 Å². The normalized spacial score (nSPS) is 18.4. The van der Waals surface area contributed by atoms with Gasteiger partial charge in [-0.1, -0.05) is 43.2 Å². The molecule has 26 heavy (non-hydrogen) atoms. The minimum Gasteiger partial charge on any atom is -0.355 e. The second-order valence-electron chi connectivity index (χ2n) is 6.81. The largest absolute Gasteiger partial charge is 0.355 e. The lowest BCUT2D eigenvalue weighted by molar-refractivity contribution is -0.131. The number of benzene rings is 1. The van der Waals surface area contributed by atoms with Crippen molar-refractivity contribution in [1.82, 2.24) is 15.5 Å². The summed E-state index contributed by atoms with van der Waals surface area (Å²) in [6.07, 6.45) is 3.48. The predicted molar refractivity (Wildman–Crippen MR) is 102 cm³/mol. The first-order chi connectivity index (χ1) is 12.6. The van der Waals surface area contributed by atoms with Crippen molar-refractivity contribution in [2.24, 2.45) is 0 Å². The maximum absolute atomic E-state index is 12.5. The van der Waals surface area contributed by atoms with Crippen molar-refractivity contribution >= 4 is 29.6 Å². The van der Waals surface area contributed by atoms with Crippen molar-refractivity contribution < 1.29 is 14.4 Å². The Kier molecular flexibility index (Phi) is 6.19. The van der Waals surface area contributed by atoms with Gasteiger partial charge in [-0.05, 0) is 18.4 Å². The first kappa shape index (κ1) is 18.8. The predicted octanol–water partition coefficient (Wildman–Crippen LogP) is 2.29. The van der Waals surface area contributed by atoms with Gasteiger partial charge in [0.05, 0.1) is 0 Å². The Morgan fingerprint density at radius 1 is 1.19 bits per heavy atom. The summed E-state index contributed by atoms with van der Waals surface area (Å²) in [5.41, 5.74) is 0.574. The minimum absolute atomic E-state index is 0.127. The molecule has 0 bridgehead atoms. The van der Waals surface area contributed by atoms with Crippen LogP contribution in [0.1, 0.15) is 37.7 Å². The number of hydrogen-bond donors (Lipinski definition) is 2. The van der Waals surface area contributed by atoms with Crippen molar-refractivity contribution in [3.63, 3.8) is 0 Å². The second-order valence-corrected chi connectivity index (χ2v) is 7.92. The van der Waals surface area contributed by atoms with Crippen LogP contribution in [0.15, 0.2) is 30.3 Å². The van der Waals surface area contributed by atoms with E-state index in [-0.39, 0.29) is 30.8 Å². The van der Waals surface area contributed by atoms with E-state index in [4.69, 9.17) is 0 Å². The molecular formula is C19H25N3O3S. The van der Waals surface area contributed by atoms with E-state index < -0.39 is 5.54 Å². The van der Waals surface area contributed by atoms with E-state index in [0.29, 0.717) is 19.4 Å². The summed E-state index contributed by atoms with van der Waals surface area (Å²) in [6, 6.07) is 9.84. The summed E-state index contributed by atoms with van der Waals surface area (Å²) in [7, 11) is 0. The van der Waals surface area contributed by atoms with Crippen LogP contribution in [0.5, 0.6) is 0 Å². The van der Waals surface area contributed by atoms with E-state index in [9.17, 15) is 14.4 Å². The molecule has 4 amide bonds. The van der Waals surface area contributed by atoms with Gasteiger partial charge in [0, 0.05) is 31.0 Å². The Morgan fingerprint density at radius 2 is 1.92 bits per heavy atom. The molecule has 0 atom stereocenters. The average Bonchev–Trinajstić information content (AvgIpc) is 3.20. The van der Waals surface area contributed by atoms with Crippen molar-refractivity contribution in [2.45, 2.75) is 43.4 Å². The molecule has 2 aliphatic rings. The molecule has 1 saturated heterocycles. The van der Waals surface area contributed by atoms with E-state index in [1.165, 1.54) is 10.5 Å². The van der Waals surface area contributed by atoms with Crippen molar-refractivity contribution in [3.8, 4) is 0 Å². The molecule has 1 aliphatic carbocycles. The van der Waals surface area contributed by atoms with Crippen molar-refractivity contribution in [3.05, 3.63) is 35.9 Å². The Labute approximate surface area is 158 Å². The lowest BCUT2D eigenvalue weighted by Crippen LogP contribution is -2.44. The van der Waals surface area contributed by atoms with Crippen LogP contribution in [0.2, 0.25) is 0 Å². The van der Waals surface area contributed by atoms with Crippen LogP contribution >= 0.6 is 11.8 Å². The highest BCUT2D eigenvalue weighted by atomic mass is 32.2. The Hall–Kier alpha value is -2.02. The molecule has 3 rings (SSSR count). The molecule has 7 heteroatoms. The number of urea groups is 1. The summed E-state index contributed by atoms with van der Waals surface area (Å²) in [5.74, 6) is 1.46. The van der Waals surface area contributed by atoms with Gasteiger partial charge >= 0.3 is 6.03 Å². The maximum Gasteiger partial charge on any atom is 0.325 e. The third kappa shape index (κ3) is 4.38. The van der Waals surface area contributed by atoms with Gasteiger partial charge in [0.15, 0.2) is 0 Å². The number of amides is 4. The van der Waals surface area contributed by atoms with Gasteiger partial charge in [-0.2, -0.15) is 11.8 Å². The first-order valence-electron chi connectivity index (χ1n) is 9.13. The van der Waals surface area contributed by atoms with E-state index in [2.05, 4.69) is 22.8 Å². The molecule has 1 spiro atoms. The van der Waals surface area contributed by atoms with Crippen LogP contribution in [0.4, 0.5) is 4.79 Å². The number of carbonyl (C=O) groups is 3. The zero-order valence-electron chi connectivity index (χ0n) is 14.8. The topological polar surface area (TPSA) is 78.5 Å². The van der Waals surface area contributed by atoms with Crippen LogP contribution in [0.25, 0.3) is 0 Å². The molecule has 1 aliphatic heterocycles. The zero-order chi connectivity index (χ0) is 18.4. The van der Waals surface area contributed by atoms with Crippen LogP contribution in [0, 0.1) is 0 Å². The summed E-state index contributed by atoms with van der Waals surface area (Å²) in [4.78, 5) is 37.7. The molecule has 1 aromatic carbocycles. The van der Waals surface area contributed by atoms with Gasteiger partial charge in [0.2, 0.25) is 5.91 Å². The molecule has 2 fully saturated rings. The second kappa shape index (κ2) is 8.58. The van der Waals surface area contributed by atoms with E-state index >= 15 is 0 Å². The average molecular weight is 375 g/mol. The van der Waals surface area contributed by atoms with E-state index in [0.717, 1.165) is 24.3 Å². The highest BCUT2D eigenvalue weighted by Gasteiger charge is 2.52. The Morgan fingerprint density at radius 3 is 2.65 bits per heavy atom. The molecule has 2 N–H and O–H groups in total. The number of carbonyl (C=O) groups excluding carboxylic acids is 3. The fourth-order valence-electron chi connectivity index (χ4n) is 3.53. The number of hydrogen-bond acceptors (Lipinski definition) is 4. The highest BCUT2D eigenvalue weighted by Crippen LogP contribution is 2.34. The smallest absolute Gasteiger partial charge is 0.325 e. The molecule has 1 saturated carbocycles. The number of rotatable bonds is 8. The molecule has 0 aromatic heterocycles. The summed E-state index contributed by atoms with van der Waals surface area (Å²) in [5, 5.41) is 5.68. The van der Waals surface area contributed by atoms with Crippen molar-refractivity contribution in [2.75, 3.05) is 18.8 Å². The summed E-state index contributed by atoms with van der Waals surface area (Å²) >= 11 is 1.76. The quantitative estimate of drug-likeness (QED) is 0.540. The zero-order valence-corrected chi connectivity index (χ0v) is 15.6. The molecule has 0 radical (unpaired) electrons. The molecule has 140 valence electrons. The van der Waals surface area contributed by atoms with E-state index in [1.807, 2.05) is 18.2 Å². The number of thioether (sulfide) groups is 1. The van der Waals surface area contributed by atoms with Gasteiger partial charge in [0.25, 0.3) is 5.91 Å². The van der Waals surface area contributed by atoms with Gasteiger partial charge in [-0.15, -0.1) is 0 Å². The molecular weight excluding hydrogens is 350 g/mol. The standard InChI is InChI=1S/C19H25N3O3S/c23-16(20-11-13-26-14-15-6-2-1-3-7-15)8-12-22-17(24)19(21-18(22)25)9-4-5-10-19/h1-3,6-7H,4-5,8-14H2,(H,20,23)(H,21,25). The fourth-order valence-corrected chi connectivity index (χ4v) is 4.34. The van der Waals surface area contributed by atoms with Crippen LogP contribution in [0.3, 0.4) is 0 Å². The Bertz CT molecular complexity index is 659. The van der Waals surface area contributed by atoms with Crippen molar-refractivity contribution in [1.29, 1.82) is 0 Å². The lowest BCUT2D eigenvalue weighted by Gasteiger charge is -2.19. The SMILES string of the molecule is O=C(CCN1C(=O)NC2(CCCC2)C1=O)NCCSCc1ccccc1. The Balaban J connectivity index is 1.33. The van der Waals surface area contributed by atoms with Gasteiger partial charge in [0.1, 0.15) is 5.54 Å². The lowest BCUT2D eigenvalue weighted by atomic mass is 9.98. The van der Waals surface area contributed by atoms with Gasteiger partial charge in [-0.25, -0.2) is 4.79 Å². The molecule has 1 heterocycles. The first-order valence-corrected chi connectivity index (χ1v) is 10.3. The van der Waals surface area contributed by atoms with E-state index in [1.54, 1.807) is 11.8 Å². The number of imide groups is 1. The molecule has 0 unspecified atom stereocenters. The van der Waals surface area contributed by atoms with Crippen LogP contribution in [-0.4, -0.2) is 47.1 Å². The molecule has 1 aromatic rings. The number of nitrogens with one attached hydrogen (secondary N) is 2. The molecule has 6 nitrogen and oxygen atoms in total. The summed E-state index contributed by atoms with van der Waals surface area (Å²) in [6.45, 7) is 0.732. The van der Waals surface area contributed by atoms with Crippen LogP contribution < -0.4 is 10.6 Å². The third-order valence-corrected chi connectivity index (χ3v) is 5.98. The summed E-state index contributed by atoms with van der Waals surface area (Å²) < 4.78 is 0. The fraction of sp³-hybridized carbons (Fsp3) is 0.526. The van der Waals surface area contributed by atoms with Gasteiger partial charge < -0.3 is 10.6 Å². The maximum atomic E-state index is 12.5.